The van der Waals surface area contributed by atoms with Crippen molar-refractivity contribution in [1.29, 1.82) is 0 Å². The number of fused-ring (bicyclic) bond motifs is 1. The van der Waals surface area contributed by atoms with Crippen molar-refractivity contribution in [2.24, 2.45) is 0 Å². The molecule has 0 amide bonds. The van der Waals surface area contributed by atoms with Crippen LogP contribution < -0.4 is 10.1 Å². The molecule has 0 radical (unpaired) electrons. The maximum atomic E-state index is 5.67. The van der Waals surface area contributed by atoms with Crippen molar-refractivity contribution in [3.8, 4) is 5.75 Å². The summed E-state index contributed by atoms with van der Waals surface area (Å²) in [6.45, 7) is 3.01. The van der Waals surface area contributed by atoms with Gasteiger partial charge in [0, 0.05) is 18.0 Å². The molecule has 0 saturated heterocycles. The zero-order valence-electron chi connectivity index (χ0n) is 10.1. The van der Waals surface area contributed by atoms with Gasteiger partial charge in [-0.1, -0.05) is 47.2 Å². The van der Waals surface area contributed by atoms with E-state index >= 15 is 0 Å². The summed E-state index contributed by atoms with van der Waals surface area (Å²) in [5.74, 6) is 1.61. The predicted octanol–water partition coefficient (Wildman–Crippen LogP) is 3.36. The average molecular weight is 345 g/mol. The highest BCUT2D eigenvalue weighted by atomic mass is 127. The van der Waals surface area contributed by atoms with Crippen LogP contribution in [0.15, 0.2) is 24.3 Å². The van der Waals surface area contributed by atoms with Crippen LogP contribution in [-0.4, -0.2) is 24.1 Å². The lowest BCUT2D eigenvalue weighted by Gasteiger charge is -2.10. The first-order valence-electron chi connectivity index (χ1n) is 6.40. The topological polar surface area (TPSA) is 21.3 Å². The van der Waals surface area contributed by atoms with E-state index in [2.05, 4.69) is 46.1 Å². The summed E-state index contributed by atoms with van der Waals surface area (Å²) < 4.78 is 6.95. The molecule has 1 aromatic carbocycles. The van der Waals surface area contributed by atoms with Crippen LogP contribution in [0.25, 0.3) is 0 Å². The van der Waals surface area contributed by atoms with Gasteiger partial charge in [-0.3, -0.25) is 0 Å². The second kappa shape index (κ2) is 7.21. The fourth-order valence-electron chi connectivity index (χ4n) is 2.20. The SMILES string of the molecule is ICCCCCNCC1COc2ccccc21. The van der Waals surface area contributed by atoms with Crippen molar-refractivity contribution >= 4 is 22.6 Å². The van der Waals surface area contributed by atoms with Crippen LogP contribution in [0.5, 0.6) is 5.75 Å². The third-order valence-electron chi connectivity index (χ3n) is 3.18. The molecule has 0 fully saturated rings. The van der Waals surface area contributed by atoms with Crippen LogP contribution in [0, 0.1) is 0 Å². The number of nitrogens with one attached hydrogen (secondary N) is 1. The van der Waals surface area contributed by atoms with Gasteiger partial charge in [0.05, 0.1) is 6.61 Å². The van der Waals surface area contributed by atoms with Gasteiger partial charge in [0.25, 0.3) is 0 Å². The number of hydrogen-bond acceptors (Lipinski definition) is 2. The van der Waals surface area contributed by atoms with E-state index < -0.39 is 0 Å². The minimum atomic E-state index is 0.538. The number of benzene rings is 1. The first-order chi connectivity index (χ1) is 8.42. The molecular weight excluding hydrogens is 325 g/mol. The van der Waals surface area contributed by atoms with Crippen LogP contribution in [0.2, 0.25) is 0 Å². The molecular formula is C14H20INO. The van der Waals surface area contributed by atoms with Gasteiger partial charge in [0.2, 0.25) is 0 Å². The lowest BCUT2D eigenvalue weighted by molar-refractivity contribution is 0.326. The maximum absolute atomic E-state index is 5.67. The first kappa shape index (κ1) is 13.1. The van der Waals surface area contributed by atoms with E-state index in [1.165, 1.54) is 29.3 Å². The van der Waals surface area contributed by atoms with Gasteiger partial charge in [0.15, 0.2) is 0 Å². The summed E-state index contributed by atoms with van der Waals surface area (Å²) in [7, 11) is 0. The molecule has 1 unspecified atom stereocenters. The summed E-state index contributed by atoms with van der Waals surface area (Å²) in [5, 5.41) is 3.54. The summed E-state index contributed by atoms with van der Waals surface area (Å²) >= 11 is 2.44. The van der Waals surface area contributed by atoms with Crippen molar-refractivity contribution in [3.05, 3.63) is 29.8 Å². The van der Waals surface area contributed by atoms with Crippen LogP contribution >= 0.6 is 22.6 Å². The fourth-order valence-corrected chi connectivity index (χ4v) is 2.74. The Morgan fingerprint density at radius 3 is 3.00 bits per heavy atom. The molecule has 1 N–H and O–H groups in total. The van der Waals surface area contributed by atoms with Crippen molar-refractivity contribution in [2.45, 2.75) is 25.2 Å². The highest BCUT2D eigenvalue weighted by Gasteiger charge is 2.22. The predicted molar refractivity (Wildman–Crippen MR) is 80.3 cm³/mol. The summed E-state index contributed by atoms with van der Waals surface area (Å²) in [5.41, 5.74) is 1.37. The van der Waals surface area contributed by atoms with Gasteiger partial charge in [-0.25, -0.2) is 0 Å². The highest BCUT2D eigenvalue weighted by Crippen LogP contribution is 2.32. The molecule has 0 aromatic heterocycles. The molecule has 3 heteroatoms. The van der Waals surface area contributed by atoms with E-state index in [9.17, 15) is 0 Å². The van der Waals surface area contributed by atoms with E-state index in [1.807, 2.05) is 6.07 Å². The van der Waals surface area contributed by atoms with Gasteiger partial charge >= 0.3 is 0 Å². The molecule has 1 atom stereocenters. The zero-order chi connectivity index (χ0) is 11.9. The number of para-hydroxylation sites is 1. The third kappa shape index (κ3) is 3.85. The van der Waals surface area contributed by atoms with Gasteiger partial charge in [-0.15, -0.1) is 0 Å². The monoisotopic (exact) mass is 345 g/mol. The Morgan fingerprint density at radius 1 is 1.24 bits per heavy atom. The van der Waals surface area contributed by atoms with Crippen LogP contribution in [0.3, 0.4) is 0 Å². The second-order valence-corrected chi connectivity index (χ2v) is 5.58. The molecule has 1 aliphatic heterocycles. The molecule has 1 aromatic rings. The molecule has 0 bridgehead atoms. The summed E-state index contributed by atoms with van der Waals surface area (Å²) in [6, 6.07) is 8.39. The van der Waals surface area contributed by atoms with E-state index in [0.29, 0.717) is 5.92 Å². The van der Waals surface area contributed by atoms with E-state index in [4.69, 9.17) is 4.74 Å². The van der Waals surface area contributed by atoms with Crippen LogP contribution in [0.4, 0.5) is 0 Å². The molecule has 0 spiro atoms. The second-order valence-electron chi connectivity index (χ2n) is 4.50. The third-order valence-corrected chi connectivity index (χ3v) is 3.94. The molecule has 0 aliphatic carbocycles. The Labute approximate surface area is 117 Å². The molecule has 17 heavy (non-hydrogen) atoms. The lowest BCUT2D eigenvalue weighted by Crippen LogP contribution is -2.23. The molecule has 0 saturated carbocycles. The smallest absolute Gasteiger partial charge is 0.122 e. The first-order valence-corrected chi connectivity index (χ1v) is 7.93. The molecule has 1 heterocycles. The van der Waals surface area contributed by atoms with E-state index in [-0.39, 0.29) is 0 Å². The van der Waals surface area contributed by atoms with Crippen molar-refractivity contribution in [2.75, 3.05) is 24.1 Å². The van der Waals surface area contributed by atoms with Crippen molar-refractivity contribution in [1.82, 2.24) is 5.32 Å². The molecule has 2 rings (SSSR count). The van der Waals surface area contributed by atoms with Crippen molar-refractivity contribution in [3.63, 3.8) is 0 Å². The van der Waals surface area contributed by atoms with Crippen LogP contribution in [-0.2, 0) is 0 Å². The Bertz CT molecular complexity index is 343. The number of unbranched alkanes of at least 4 members (excludes halogenated alkanes) is 2. The number of halogens is 1. The van der Waals surface area contributed by atoms with Crippen molar-refractivity contribution < 1.29 is 4.74 Å². The number of rotatable bonds is 7. The minimum absolute atomic E-state index is 0.538. The minimum Gasteiger partial charge on any atom is -0.493 e. The Hall–Kier alpha value is -0.290. The fraction of sp³-hybridized carbons (Fsp3) is 0.571. The summed E-state index contributed by atoms with van der Waals surface area (Å²) in [4.78, 5) is 0. The van der Waals surface area contributed by atoms with Gasteiger partial charge in [0.1, 0.15) is 5.75 Å². The Morgan fingerprint density at radius 2 is 2.12 bits per heavy atom. The quantitative estimate of drug-likeness (QED) is 0.465. The number of hydrogen-bond donors (Lipinski definition) is 1. The normalized spacial score (nSPS) is 17.8. The molecule has 2 nitrogen and oxygen atoms in total. The number of ether oxygens (including phenoxy) is 1. The van der Waals surface area contributed by atoms with E-state index in [1.54, 1.807) is 0 Å². The molecule has 94 valence electrons. The maximum Gasteiger partial charge on any atom is 0.122 e. The summed E-state index contributed by atoms with van der Waals surface area (Å²) in [6.07, 6.45) is 3.98. The number of alkyl halides is 1. The average Bonchev–Trinajstić information content (AvgIpc) is 2.77. The van der Waals surface area contributed by atoms with Gasteiger partial charge < -0.3 is 10.1 Å². The highest BCUT2D eigenvalue weighted by molar-refractivity contribution is 14.1. The zero-order valence-corrected chi connectivity index (χ0v) is 12.3. The lowest BCUT2D eigenvalue weighted by atomic mass is 10.0. The van der Waals surface area contributed by atoms with Gasteiger partial charge in [-0.2, -0.15) is 0 Å². The Balaban J connectivity index is 1.68. The molecule has 1 aliphatic rings. The largest absolute Gasteiger partial charge is 0.493 e. The Kier molecular flexibility index (Phi) is 5.58. The van der Waals surface area contributed by atoms with Gasteiger partial charge in [-0.05, 0) is 29.9 Å². The van der Waals surface area contributed by atoms with E-state index in [0.717, 1.165) is 25.4 Å². The van der Waals surface area contributed by atoms with Crippen LogP contribution in [0.1, 0.15) is 30.7 Å². The standard InChI is InChI=1S/C14H20INO/c15-8-4-1-5-9-16-10-12-11-17-14-7-3-2-6-13(12)14/h2-3,6-7,12,16H,1,4-5,8-11H2.